The molecule has 0 aromatic rings. The molecule has 0 aromatic carbocycles. The molecule has 0 saturated carbocycles. The Morgan fingerprint density at radius 3 is 1.47 bits per heavy atom. The van der Waals surface area contributed by atoms with E-state index in [9.17, 15) is 9.59 Å². The minimum atomic E-state index is -0.210. The first-order chi connectivity index (χ1) is 7.42. The number of methoxy groups -OCH3 is 1. The summed E-state index contributed by atoms with van der Waals surface area (Å²) in [5.41, 5.74) is -0.349. The fourth-order valence-electron chi connectivity index (χ4n) is 0.570. The van der Waals surface area contributed by atoms with E-state index in [0.29, 0.717) is 13.0 Å². The molecule has 0 aliphatic heterocycles. The quantitative estimate of drug-likeness (QED) is 0.765. The summed E-state index contributed by atoms with van der Waals surface area (Å²) in [4.78, 5) is 21.6. The van der Waals surface area contributed by atoms with Crippen LogP contribution in [0.15, 0.2) is 0 Å². The highest BCUT2D eigenvalue weighted by molar-refractivity contribution is 5.83. The van der Waals surface area contributed by atoms with Gasteiger partial charge in [-0.2, -0.15) is 0 Å². The minimum Gasteiger partial charge on any atom is -0.384 e. The van der Waals surface area contributed by atoms with Crippen molar-refractivity contribution in [2.75, 3.05) is 13.7 Å². The van der Waals surface area contributed by atoms with Crippen molar-refractivity contribution in [2.45, 2.75) is 54.9 Å². The van der Waals surface area contributed by atoms with Gasteiger partial charge in [0.2, 0.25) is 0 Å². The summed E-state index contributed by atoms with van der Waals surface area (Å²) in [6, 6.07) is 0. The molecule has 102 valence electrons. The maximum absolute atomic E-state index is 11.1. The summed E-state index contributed by atoms with van der Waals surface area (Å²) in [7, 11) is 1.61. The van der Waals surface area contributed by atoms with Gasteiger partial charge in [-0.25, -0.2) is 0 Å². The highest BCUT2D eigenvalue weighted by Crippen LogP contribution is 2.16. The van der Waals surface area contributed by atoms with E-state index < -0.39 is 0 Å². The number of carbonyl (C=O) groups excluding carboxylic acids is 2. The van der Waals surface area contributed by atoms with Crippen LogP contribution in [0.1, 0.15) is 54.9 Å². The second-order valence-electron chi connectivity index (χ2n) is 6.22. The molecule has 3 nitrogen and oxygen atoms in total. The maximum atomic E-state index is 11.1. The maximum Gasteiger partial charge on any atom is 0.140 e. The van der Waals surface area contributed by atoms with Crippen LogP contribution in [-0.2, 0) is 14.3 Å². The van der Waals surface area contributed by atoms with Gasteiger partial charge >= 0.3 is 0 Å². The van der Waals surface area contributed by atoms with Gasteiger partial charge < -0.3 is 4.74 Å². The largest absolute Gasteiger partial charge is 0.384 e. The molecule has 0 aromatic heterocycles. The molecule has 0 amide bonds. The van der Waals surface area contributed by atoms with Gasteiger partial charge in [0.25, 0.3) is 0 Å². The number of hydrogen-bond donors (Lipinski definition) is 0. The van der Waals surface area contributed by atoms with Crippen molar-refractivity contribution in [1.82, 2.24) is 0 Å². The van der Waals surface area contributed by atoms with Crippen LogP contribution in [0.25, 0.3) is 0 Å². The lowest BCUT2D eigenvalue weighted by atomic mass is 9.89. The Bertz CT molecular complexity index is 241. The lowest BCUT2D eigenvalue weighted by Gasteiger charge is -2.15. The number of ether oxygens (including phenoxy) is 1. The van der Waals surface area contributed by atoms with Gasteiger partial charge in [0.05, 0.1) is 6.61 Å². The standard InChI is InChI=1S/C8H16O2.C6H12O/c1-8(2,3)7(9)5-6-10-4;1-5(7)6(2,3)4/h5-6H2,1-4H3;1-4H3. The summed E-state index contributed by atoms with van der Waals surface area (Å²) < 4.78 is 4.79. The van der Waals surface area contributed by atoms with Crippen molar-refractivity contribution in [1.29, 1.82) is 0 Å². The second-order valence-corrected chi connectivity index (χ2v) is 6.22. The Morgan fingerprint density at radius 1 is 0.941 bits per heavy atom. The van der Waals surface area contributed by atoms with Crippen LogP contribution in [0.5, 0.6) is 0 Å². The average Bonchev–Trinajstić information content (AvgIpc) is 2.11. The van der Waals surface area contributed by atoms with Crippen LogP contribution >= 0.6 is 0 Å². The van der Waals surface area contributed by atoms with E-state index in [4.69, 9.17) is 4.74 Å². The predicted molar refractivity (Wildman–Crippen MR) is 71.1 cm³/mol. The molecule has 0 N–H and O–H groups in total. The van der Waals surface area contributed by atoms with Crippen LogP contribution in [-0.4, -0.2) is 25.3 Å². The SMILES string of the molecule is CC(=O)C(C)(C)C.COCCC(=O)C(C)(C)C. The zero-order valence-electron chi connectivity index (χ0n) is 12.6. The van der Waals surface area contributed by atoms with Gasteiger partial charge in [-0.15, -0.1) is 0 Å². The number of rotatable bonds is 3. The highest BCUT2D eigenvalue weighted by Gasteiger charge is 2.19. The zero-order chi connectivity index (χ0) is 14.3. The molecule has 3 heteroatoms. The van der Waals surface area contributed by atoms with Gasteiger partial charge in [0.15, 0.2) is 0 Å². The molecular formula is C14H28O3. The van der Waals surface area contributed by atoms with Gasteiger partial charge in [-0.3, -0.25) is 9.59 Å². The van der Waals surface area contributed by atoms with Crippen molar-refractivity contribution >= 4 is 11.6 Å². The normalized spacial score (nSPS) is 11.5. The van der Waals surface area contributed by atoms with Crippen molar-refractivity contribution in [3.05, 3.63) is 0 Å². The second kappa shape index (κ2) is 7.59. The van der Waals surface area contributed by atoms with Gasteiger partial charge in [0.1, 0.15) is 11.6 Å². The highest BCUT2D eigenvalue weighted by atomic mass is 16.5. The topological polar surface area (TPSA) is 43.4 Å². The van der Waals surface area contributed by atoms with Crippen molar-refractivity contribution in [3.63, 3.8) is 0 Å². The number of carbonyl (C=O) groups is 2. The summed E-state index contributed by atoms with van der Waals surface area (Å²) in [6.07, 6.45) is 0.528. The Hall–Kier alpha value is -0.700. The third-order valence-electron chi connectivity index (χ3n) is 2.43. The van der Waals surface area contributed by atoms with Crippen LogP contribution < -0.4 is 0 Å². The number of Topliss-reactive ketones (excluding diaryl/α,β-unsaturated/α-hetero) is 2. The first-order valence-corrected chi connectivity index (χ1v) is 5.96. The molecule has 0 fully saturated rings. The Morgan fingerprint density at radius 2 is 1.29 bits per heavy atom. The van der Waals surface area contributed by atoms with E-state index >= 15 is 0 Å². The molecule has 0 unspecified atom stereocenters. The Balaban J connectivity index is 0. The summed E-state index contributed by atoms with van der Waals surface area (Å²) >= 11 is 0. The van der Waals surface area contributed by atoms with E-state index in [-0.39, 0.29) is 22.4 Å². The third-order valence-corrected chi connectivity index (χ3v) is 2.43. The van der Waals surface area contributed by atoms with Crippen LogP contribution in [0.3, 0.4) is 0 Å². The van der Waals surface area contributed by atoms with E-state index in [1.807, 2.05) is 41.5 Å². The molecule has 0 rings (SSSR count). The molecule has 0 heterocycles. The van der Waals surface area contributed by atoms with E-state index in [1.165, 1.54) is 0 Å². The predicted octanol–water partition coefficient (Wildman–Crippen LogP) is 3.26. The summed E-state index contributed by atoms with van der Waals surface area (Å²) in [6.45, 7) is 13.6. The molecule has 0 aliphatic rings. The fraction of sp³-hybridized carbons (Fsp3) is 0.857. The summed E-state index contributed by atoms with van der Waals surface area (Å²) in [5.74, 6) is 0.502. The monoisotopic (exact) mass is 244 g/mol. The molecule has 0 radical (unpaired) electrons. The lowest BCUT2D eigenvalue weighted by molar-refractivity contribution is -0.127. The Labute approximate surface area is 106 Å². The van der Waals surface area contributed by atoms with Crippen LogP contribution in [0, 0.1) is 10.8 Å². The Kier molecular flexibility index (Phi) is 8.33. The van der Waals surface area contributed by atoms with E-state index in [2.05, 4.69) is 0 Å². The smallest absolute Gasteiger partial charge is 0.140 e. The molecule has 0 aliphatic carbocycles. The van der Waals surface area contributed by atoms with E-state index in [1.54, 1.807) is 14.0 Å². The number of ketones is 2. The van der Waals surface area contributed by atoms with Gasteiger partial charge in [-0.05, 0) is 6.92 Å². The zero-order valence-corrected chi connectivity index (χ0v) is 12.6. The van der Waals surface area contributed by atoms with Crippen molar-refractivity contribution in [3.8, 4) is 0 Å². The molecule has 0 spiro atoms. The first kappa shape index (κ1) is 18.7. The van der Waals surface area contributed by atoms with E-state index in [0.717, 1.165) is 0 Å². The molecule has 0 bridgehead atoms. The average molecular weight is 244 g/mol. The molecule has 17 heavy (non-hydrogen) atoms. The van der Waals surface area contributed by atoms with Crippen molar-refractivity contribution < 1.29 is 14.3 Å². The van der Waals surface area contributed by atoms with Gasteiger partial charge in [0, 0.05) is 24.4 Å². The fourth-order valence-corrected chi connectivity index (χ4v) is 0.570. The lowest BCUT2D eigenvalue weighted by Crippen LogP contribution is -2.21. The molecule has 0 atom stereocenters. The number of hydrogen-bond acceptors (Lipinski definition) is 3. The molecule has 0 saturated heterocycles. The molecular weight excluding hydrogens is 216 g/mol. The third kappa shape index (κ3) is 11.6. The first-order valence-electron chi connectivity index (χ1n) is 5.96. The van der Waals surface area contributed by atoms with Gasteiger partial charge in [-0.1, -0.05) is 41.5 Å². The van der Waals surface area contributed by atoms with Crippen LogP contribution in [0.4, 0.5) is 0 Å². The van der Waals surface area contributed by atoms with Crippen molar-refractivity contribution in [2.24, 2.45) is 10.8 Å². The summed E-state index contributed by atoms with van der Waals surface area (Å²) in [5, 5.41) is 0. The minimum absolute atomic E-state index is 0.139. The van der Waals surface area contributed by atoms with Crippen LogP contribution in [0.2, 0.25) is 0 Å².